The standard InChI is InChI=1S/C26H27N7O5/c1-26(14-36-15-26)13-28-24(34)16-7-8-17(27-10-16)11-37-25-20-6-4-3-5-19(20)22-29-30-23(33(22)31-25)21-9-18(12-35-2)38-32-21/h3-4,6-10,19H,5,11-15H2,1-2H3,(H,28,34). The van der Waals surface area contributed by atoms with E-state index in [2.05, 4.69) is 38.7 Å². The number of allylic oxidation sites excluding steroid dienone is 3. The van der Waals surface area contributed by atoms with Crippen LogP contribution in [0.5, 0.6) is 0 Å². The maximum Gasteiger partial charge on any atom is 0.252 e. The van der Waals surface area contributed by atoms with Crippen molar-refractivity contribution < 1.29 is 23.5 Å². The maximum absolute atomic E-state index is 12.5. The smallest absolute Gasteiger partial charge is 0.252 e. The van der Waals surface area contributed by atoms with Gasteiger partial charge in [-0.3, -0.25) is 9.78 Å². The normalized spacial score (nSPS) is 19.1. The van der Waals surface area contributed by atoms with Crippen LogP contribution >= 0.6 is 0 Å². The first-order chi connectivity index (χ1) is 18.5. The van der Waals surface area contributed by atoms with E-state index in [1.165, 1.54) is 0 Å². The summed E-state index contributed by atoms with van der Waals surface area (Å²) in [7, 11) is 1.59. The van der Waals surface area contributed by atoms with Gasteiger partial charge in [0.25, 0.3) is 5.91 Å². The number of fused-ring (bicyclic) bond motifs is 3. The number of ether oxygens (including phenoxy) is 3. The largest absolute Gasteiger partial charge is 0.470 e. The predicted molar refractivity (Wildman–Crippen MR) is 134 cm³/mol. The lowest BCUT2D eigenvalue weighted by Crippen LogP contribution is -2.48. The molecule has 0 saturated carbocycles. The lowest BCUT2D eigenvalue weighted by molar-refractivity contribution is -0.0978. The van der Waals surface area contributed by atoms with Gasteiger partial charge in [0, 0.05) is 36.9 Å². The van der Waals surface area contributed by atoms with E-state index >= 15 is 0 Å². The van der Waals surface area contributed by atoms with Crippen LogP contribution in [0.25, 0.3) is 11.5 Å². The third-order valence-corrected chi connectivity index (χ3v) is 6.67. The Balaban J connectivity index is 1.18. The zero-order valence-corrected chi connectivity index (χ0v) is 21.1. The third-order valence-electron chi connectivity index (χ3n) is 6.67. The minimum Gasteiger partial charge on any atom is -0.470 e. The summed E-state index contributed by atoms with van der Waals surface area (Å²) in [5, 5.41) is 20.5. The van der Waals surface area contributed by atoms with Crippen molar-refractivity contribution in [1.29, 1.82) is 0 Å². The van der Waals surface area contributed by atoms with Gasteiger partial charge in [-0.25, -0.2) is 0 Å². The van der Waals surface area contributed by atoms with Gasteiger partial charge in [0.15, 0.2) is 17.3 Å². The lowest BCUT2D eigenvalue weighted by atomic mass is 9.89. The van der Waals surface area contributed by atoms with Crippen molar-refractivity contribution in [2.24, 2.45) is 10.5 Å². The Hall–Kier alpha value is -4.16. The summed E-state index contributed by atoms with van der Waals surface area (Å²) in [6, 6.07) is 5.28. The molecule has 196 valence electrons. The second-order valence-corrected chi connectivity index (χ2v) is 9.86. The molecule has 5 heterocycles. The number of hydrogen-bond donors (Lipinski definition) is 1. The van der Waals surface area contributed by atoms with Crippen LogP contribution in [0.3, 0.4) is 0 Å². The summed E-state index contributed by atoms with van der Waals surface area (Å²) in [5.41, 5.74) is 2.59. The average molecular weight is 518 g/mol. The summed E-state index contributed by atoms with van der Waals surface area (Å²) < 4.78 is 23.5. The Labute approximate surface area is 218 Å². The van der Waals surface area contributed by atoms with E-state index in [9.17, 15) is 4.79 Å². The van der Waals surface area contributed by atoms with E-state index in [0.717, 1.165) is 12.0 Å². The van der Waals surface area contributed by atoms with Gasteiger partial charge in [0.2, 0.25) is 11.7 Å². The molecule has 1 amide bonds. The van der Waals surface area contributed by atoms with Crippen LogP contribution in [-0.4, -0.2) is 63.7 Å². The fourth-order valence-electron chi connectivity index (χ4n) is 4.49. The molecular weight excluding hydrogens is 490 g/mol. The predicted octanol–water partition coefficient (Wildman–Crippen LogP) is 2.60. The van der Waals surface area contributed by atoms with Crippen LogP contribution < -0.4 is 5.32 Å². The molecule has 1 saturated heterocycles. The highest BCUT2D eigenvalue weighted by atomic mass is 16.5. The molecule has 6 rings (SSSR count). The quantitative estimate of drug-likeness (QED) is 0.478. The first-order valence-electron chi connectivity index (χ1n) is 12.3. The van der Waals surface area contributed by atoms with E-state index in [1.807, 2.05) is 12.2 Å². The number of amides is 1. The Morgan fingerprint density at radius 2 is 2.16 bits per heavy atom. The lowest BCUT2D eigenvalue weighted by Gasteiger charge is -2.38. The van der Waals surface area contributed by atoms with Gasteiger partial charge in [0.05, 0.1) is 30.4 Å². The van der Waals surface area contributed by atoms with Crippen LogP contribution in [0.2, 0.25) is 0 Å². The summed E-state index contributed by atoms with van der Waals surface area (Å²) in [5.74, 6) is 1.97. The van der Waals surface area contributed by atoms with Crippen molar-refractivity contribution in [2.75, 3.05) is 26.9 Å². The molecule has 2 aliphatic heterocycles. The number of hydrogen-bond acceptors (Lipinski definition) is 10. The van der Waals surface area contributed by atoms with Crippen LogP contribution in [0.1, 0.15) is 46.9 Å². The van der Waals surface area contributed by atoms with Gasteiger partial charge in [-0.1, -0.05) is 30.3 Å². The van der Waals surface area contributed by atoms with Crippen molar-refractivity contribution >= 4 is 11.8 Å². The summed E-state index contributed by atoms with van der Waals surface area (Å²) in [6.07, 6.45) is 8.33. The average Bonchev–Trinajstić information content (AvgIpc) is 3.57. The van der Waals surface area contributed by atoms with E-state index in [4.69, 9.17) is 23.8 Å². The maximum atomic E-state index is 12.5. The van der Waals surface area contributed by atoms with E-state index < -0.39 is 0 Å². The fraction of sp³-hybridized carbons (Fsp3) is 0.385. The van der Waals surface area contributed by atoms with Crippen molar-refractivity contribution in [3.05, 3.63) is 71.0 Å². The second kappa shape index (κ2) is 9.95. The molecule has 12 heteroatoms. The molecule has 3 aromatic heterocycles. The number of carbonyl (C=O) groups is 1. The Morgan fingerprint density at radius 1 is 1.26 bits per heavy atom. The number of nitrogens with one attached hydrogen (secondary N) is 1. The second-order valence-electron chi connectivity index (χ2n) is 9.86. The molecule has 0 radical (unpaired) electrons. The molecule has 3 aromatic rings. The number of aromatic nitrogens is 5. The van der Waals surface area contributed by atoms with Crippen molar-refractivity contribution in [1.82, 2.24) is 30.3 Å². The zero-order valence-electron chi connectivity index (χ0n) is 21.1. The van der Waals surface area contributed by atoms with Gasteiger partial charge < -0.3 is 24.1 Å². The highest BCUT2D eigenvalue weighted by Gasteiger charge is 2.35. The molecular formula is C26H27N7O5. The Bertz CT molecular complexity index is 1430. The topological polar surface area (TPSA) is 139 Å². The van der Waals surface area contributed by atoms with Gasteiger partial charge in [-0.15, -0.1) is 15.3 Å². The minimum absolute atomic E-state index is 0.00279. The number of carbonyl (C=O) groups excluding carboxylic acids is 1. The molecule has 1 atom stereocenters. The van der Waals surface area contributed by atoms with Crippen LogP contribution in [-0.2, 0) is 27.4 Å². The molecule has 1 N–H and O–H groups in total. The number of rotatable bonds is 8. The molecule has 3 aliphatic rings. The number of pyridine rings is 1. The highest BCUT2D eigenvalue weighted by Crippen LogP contribution is 2.36. The molecule has 12 nitrogen and oxygen atoms in total. The monoisotopic (exact) mass is 517 g/mol. The molecule has 0 aromatic carbocycles. The first kappa shape index (κ1) is 24.2. The highest BCUT2D eigenvalue weighted by molar-refractivity contribution is 5.96. The van der Waals surface area contributed by atoms with E-state index in [1.54, 1.807) is 36.2 Å². The summed E-state index contributed by atoms with van der Waals surface area (Å²) in [4.78, 5) is 16.9. The summed E-state index contributed by atoms with van der Waals surface area (Å²) >= 11 is 0. The van der Waals surface area contributed by atoms with Crippen molar-refractivity contribution in [3.8, 4) is 11.5 Å². The molecule has 1 fully saturated rings. The zero-order chi connectivity index (χ0) is 26.1. The molecule has 38 heavy (non-hydrogen) atoms. The van der Waals surface area contributed by atoms with Crippen molar-refractivity contribution in [3.63, 3.8) is 0 Å². The van der Waals surface area contributed by atoms with Crippen molar-refractivity contribution in [2.45, 2.75) is 32.5 Å². The van der Waals surface area contributed by atoms with Crippen LogP contribution in [0.15, 0.2) is 57.8 Å². The molecule has 0 spiro atoms. The van der Waals surface area contributed by atoms with Gasteiger partial charge in [0.1, 0.15) is 13.2 Å². The number of nitrogens with zero attached hydrogens (tertiary/aromatic N) is 6. The van der Waals surface area contributed by atoms with Gasteiger partial charge in [-0.2, -0.15) is 4.68 Å². The minimum atomic E-state index is -0.161. The van der Waals surface area contributed by atoms with E-state index in [0.29, 0.717) is 66.6 Å². The van der Waals surface area contributed by atoms with Gasteiger partial charge >= 0.3 is 0 Å². The fourth-order valence-corrected chi connectivity index (χ4v) is 4.49. The SMILES string of the molecule is COCc1cc(-c2nnc3n2N=C(OCc2ccc(C(=O)NCC4(C)COC4)cn2)C2=CC=CCC23)no1. The van der Waals surface area contributed by atoms with E-state index in [-0.39, 0.29) is 23.8 Å². The summed E-state index contributed by atoms with van der Waals surface area (Å²) in [6.45, 7) is 4.44. The first-order valence-corrected chi connectivity index (χ1v) is 12.3. The van der Waals surface area contributed by atoms with Gasteiger partial charge in [-0.05, 0) is 18.6 Å². The molecule has 0 bridgehead atoms. The van der Waals surface area contributed by atoms with Crippen LogP contribution in [0, 0.1) is 5.41 Å². The molecule has 1 aliphatic carbocycles. The third kappa shape index (κ3) is 4.63. The molecule has 1 unspecified atom stereocenters. The van der Waals surface area contributed by atoms with Crippen LogP contribution in [0.4, 0.5) is 0 Å². The number of methoxy groups -OCH3 is 1. The Kier molecular flexibility index (Phi) is 6.34. The Morgan fingerprint density at radius 3 is 2.92 bits per heavy atom.